The summed E-state index contributed by atoms with van der Waals surface area (Å²) in [6, 6.07) is 17.5. The molecular formula is C24H30O2. The number of carboxylic acids is 1. The first-order valence-electron chi connectivity index (χ1n) is 9.75. The van der Waals surface area contributed by atoms with Crippen LogP contribution in [0.2, 0.25) is 0 Å². The van der Waals surface area contributed by atoms with Gasteiger partial charge >= 0.3 is 5.97 Å². The first-order chi connectivity index (χ1) is 12.7. The summed E-state index contributed by atoms with van der Waals surface area (Å²) in [7, 11) is 0. The summed E-state index contributed by atoms with van der Waals surface area (Å²) in [5, 5.41) is 8.63. The topological polar surface area (TPSA) is 37.3 Å². The molecule has 0 aromatic heterocycles. The molecule has 26 heavy (non-hydrogen) atoms. The van der Waals surface area contributed by atoms with Crippen molar-refractivity contribution < 1.29 is 9.90 Å². The number of hydrogen-bond acceptors (Lipinski definition) is 1. The summed E-state index contributed by atoms with van der Waals surface area (Å²) in [6.07, 6.45) is 12.1. The van der Waals surface area contributed by atoms with Gasteiger partial charge in [-0.1, -0.05) is 80.4 Å². The summed E-state index contributed by atoms with van der Waals surface area (Å²) in [6.45, 7) is 2.22. The van der Waals surface area contributed by atoms with Gasteiger partial charge in [-0.3, -0.25) is 4.79 Å². The molecule has 0 spiro atoms. The Labute approximate surface area is 157 Å². The quantitative estimate of drug-likeness (QED) is 0.377. The van der Waals surface area contributed by atoms with E-state index in [1.807, 2.05) is 0 Å². The predicted octanol–water partition coefficient (Wildman–Crippen LogP) is 6.39. The monoisotopic (exact) mass is 350 g/mol. The molecule has 0 fully saturated rings. The number of carboxylic acid groups (broad SMARTS) is 1. The van der Waals surface area contributed by atoms with Crippen molar-refractivity contribution in [1.82, 2.24) is 0 Å². The average Bonchev–Trinajstić information content (AvgIpc) is 2.66. The third-order valence-corrected chi connectivity index (χ3v) is 4.60. The molecule has 2 aromatic rings. The minimum atomic E-state index is -0.697. The van der Waals surface area contributed by atoms with Gasteiger partial charge in [0.2, 0.25) is 0 Å². The van der Waals surface area contributed by atoms with E-state index in [1.54, 1.807) is 0 Å². The zero-order chi connectivity index (χ0) is 18.6. The number of benzene rings is 2. The van der Waals surface area contributed by atoms with Gasteiger partial charge in [0.15, 0.2) is 0 Å². The van der Waals surface area contributed by atoms with Crippen LogP contribution in [0.15, 0.2) is 48.5 Å². The predicted molar refractivity (Wildman–Crippen MR) is 110 cm³/mol. The molecule has 0 unspecified atom stereocenters. The Hall–Kier alpha value is -2.35. The van der Waals surface area contributed by atoms with Crippen molar-refractivity contribution in [1.29, 1.82) is 0 Å². The lowest BCUT2D eigenvalue weighted by Crippen LogP contribution is -1.94. The standard InChI is InChI=1S/C24H30O2/c1-2-3-7-20-10-14-22(15-11-20)18-19-23-16-12-21(13-17-23)8-5-4-6-9-24(25)26/h10-19H,2-9H2,1H3,(H,25,26)/b19-18+. The lowest BCUT2D eigenvalue weighted by molar-refractivity contribution is -0.137. The first-order valence-corrected chi connectivity index (χ1v) is 9.75. The smallest absolute Gasteiger partial charge is 0.303 e. The lowest BCUT2D eigenvalue weighted by atomic mass is 10.0. The molecule has 138 valence electrons. The highest BCUT2D eigenvalue weighted by atomic mass is 16.4. The van der Waals surface area contributed by atoms with Crippen molar-refractivity contribution >= 4 is 18.1 Å². The number of unbranched alkanes of at least 4 members (excludes halogenated alkanes) is 3. The maximum Gasteiger partial charge on any atom is 0.303 e. The Morgan fingerprint density at radius 2 is 1.27 bits per heavy atom. The van der Waals surface area contributed by atoms with Crippen molar-refractivity contribution in [3.8, 4) is 0 Å². The van der Waals surface area contributed by atoms with E-state index >= 15 is 0 Å². The number of rotatable bonds is 11. The molecule has 0 radical (unpaired) electrons. The summed E-state index contributed by atoms with van der Waals surface area (Å²) in [5.41, 5.74) is 5.16. The zero-order valence-electron chi connectivity index (χ0n) is 15.8. The maximum atomic E-state index is 10.5. The second-order valence-electron chi connectivity index (χ2n) is 6.87. The van der Waals surface area contributed by atoms with Crippen LogP contribution in [-0.2, 0) is 17.6 Å². The fourth-order valence-electron chi connectivity index (χ4n) is 2.95. The minimum Gasteiger partial charge on any atom is -0.481 e. The Morgan fingerprint density at radius 1 is 0.769 bits per heavy atom. The van der Waals surface area contributed by atoms with Gasteiger partial charge in [-0.15, -0.1) is 0 Å². The SMILES string of the molecule is CCCCc1ccc(/C=C/c2ccc(CCCCCC(=O)O)cc2)cc1. The third-order valence-electron chi connectivity index (χ3n) is 4.60. The zero-order valence-corrected chi connectivity index (χ0v) is 15.8. The molecule has 0 bridgehead atoms. The number of aliphatic carboxylic acids is 1. The molecule has 0 saturated heterocycles. The molecule has 2 nitrogen and oxygen atoms in total. The van der Waals surface area contributed by atoms with Gasteiger partial charge in [-0.25, -0.2) is 0 Å². The summed E-state index contributed by atoms with van der Waals surface area (Å²) < 4.78 is 0. The van der Waals surface area contributed by atoms with Gasteiger partial charge in [0, 0.05) is 6.42 Å². The van der Waals surface area contributed by atoms with E-state index in [9.17, 15) is 4.79 Å². The molecule has 0 amide bonds. The second kappa shape index (κ2) is 11.3. The van der Waals surface area contributed by atoms with Crippen molar-refractivity contribution in [3.05, 3.63) is 70.8 Å². The Balaban J connectivity index is 1.78. The van der Waals surface area contributed by atoms with E-state index < -0.39 is 5.97 Å². The summed E-state index contributed by atoms with van der Waals surface area (Å²) >= 11 is 0. The van der Waals surface area contributed by atoms with Gasteiger partial charge < -0.3 is 5.11 Å². The lowest BCUT2D eigenvalue weighted by Gasteiger charge is -2.03. The third kappa shape index (κ3) is 7.69. The van der Waals surface area contributed by atoms with E-state index in [4.69, 9.17) is 5.11 Å². The molecule has 0 aliphatic rings. The molecule has 0 aliphatic heterocycles. The van der Waals surface area contributed by atoms with Crippen LogP contribution in [0.3, 0.4) is 0 Å². The van der Waals surface area contributed by atoms with Gasteiger partial charge in [-0.2, -0.15) is 0 Å². The van der Waals surface area contributed by atoms with Crippen LogP contribution >= 0.6 is 0 Å². The highest BCUT2D eigenvalue weighted by Crippen LogP contribution is 2.14. The molecule has 0 saturated carbocycles. The van der Waals surface area contributed by atoms with Crippen LogP contribution in [-0.4, -0.2) is 11.1 Å². The molecule has 2 heteroatoms. The van der Waals surface area contributed by atoms with Crippen molar-refractivity contribution in [2.24, 2.45) is 0 Å². The van der Waals surface area contributed by atoms with Crippen molar-refractivity contribution in [3.63, 3.8) is 0 Å². The Kier molecular flexibility index (Phi) is 8.68. The van der Waals surface area contributed by atoms with E-state index in [0.717, 1.165) is 32.1 Å². The number of carbonyl (C=O) groups is 1. The molecule has 0 atom stereocenters. The Morgan fingerprint density at radius 3 is 1.73 bits per heavy atom. The summed E-state index contributed by atoms with van der Waals surface area (Å²) in [5.74, 6) is -0.697. The molecule has 0 aliphatic carbocycles. The largest absolute Gasteiger partial charge is 0.481 e. The van der Waals surface area contributed by atoms with E-state index in [-0.39, 0.29) is 6.42 Å². The van der Waals surface area contributed by atoms with Crippen LogP contribution in [0.5, 0.6) is 0 Å². The van der Waals surface area contributed by atoms with Gasteiger partial charge in [0.1, 0.15) is 0 Å². The van der Waals surface area contributed by atoms with Crippen LogP contribution in [0.4, 0.5) is 0 Å². The first kappa shape index (κ1) is 20.0. The summed E-state index contributed by atoms with van der Waals surface area (Å²) in [4.78, 5) is 10.5. The normalized spacial score (nSPS) is 11.1. The second-order valence-corrected chi connectivity index (χ2v) is 6.87. The van der Waals surface area contributed by atoms with Crippen LogP contribution in [0.1, 0.15) is 67.7 Å². The molecule has 2 rings (SSSR count). The fourth-order valence-corrected chi connectivity index (χ4v) is 2.95. The highest BCUT2D eigenvalue weighted by molar-refractivity contribution is 5.69. The maximum absolute atomic E-state index is 10.5. The average molecular weight is 351 g/mol. The van der Waals surface area contributed by atoms with Gasteiger partial charge in [0.05, 0.1) is 0 Å². The minimum absolute atomic E-state index is 0.281. The fraction of sp³-hybridized carbons (Fsp3) is 0.375. The Bertz CT molecular complexity index is 681. The number of hydrogen-bond donors (Lipinski definition) is 1. The highest BCUT2D eigenvalue weighted by Gasteiger charge is 1.98. The molecule has 0 heterocycles. The molecular weight excluding hydrogens is 320 g/mol. The van der Waals surface area contributed by atoms with Gasteiger partial charge in [0.25, 0.3) is 0 Å². The van der Waals surface area contributed by atoms with E-state index in [1.165, 1.54) is 35.1 Å². The van der Waals surface area contributed by atoms with E-state index in [0.29, 0.717) is 0 Å². The molecule has 1 N–H and O–H groups in total. The van der Waals surface area contributed by atoms with Crippen LogP contribution in [0, 0.1) is 0 Å². The molecule has 2 aromatic carbocycles. The van der Waals surface area contributed by atoms with Crippen molar-refractivity contribution in [2.45, 2.75) is 58.3 Å². The van der Waals surface area contributed by atoms with Crippen LogP contribution in [0.25, 0.3) is 12.2 Å². The number of aryl methyl sites for hydroxylation is 2. The van der Waals surface area contributed by atoms with E-state index in [2.05, 4.69) is 67.6 Å². The van der Waals surface area contributed by atoms with Crippen molar-refractivity contribution in [2.75, 3.05) is 0 Å². The van der Waals surface area contributed by atoms with Crippen LogP contribution < -0.4 is 0 Å². The van der Waals surface area contributed by atoms with Gasteiger partial charge in [-0.05, 0) is 54.4 Å².